The SMILES string of the molecule is COc1cccc(N(C(=O)/C=C/c2cccc(C(F)(F)F)c2)c2nc3ccccc3s2)c1. The number of thiazole rings is 1. The van der Waals surface area contributed by atoms with Crippen LogP contribution in [0.3, 0.4) is 0 Å². The molecule has 8 heteroatoms. The van der Waals surface area contributed by atoms with Crippen molar-refractivity contribution in [3.8, 4) is 5.75 Å². The average molecular weight is 454 g/mol. The Morgan fingerprint density at radius 2 is 1.81 bits per heavy atom. The lowest BCUT2D eigenvalue weighted by molar-refractivity contribution is -0.137. The van der Waals surface area contributed by atoms with Gasteiger partial charge in [-0.15, -0.1) is 0 Å². The zero-order valence-corrected chi connectivity index (χ0v) is 17.7. The summed E-state index contributed by atoms with van der Waals surface area (Å²) < 4.78 is 45.2. The average Bonchev–Trinajstić information content (AvgIpc) is 3.21. The van der Waals surface area contributed by atoms with E-state index in [4.69, 9.17) is 4.74 Å². The Morgan fingerprint density at radius 3 is 2.56 bits per heavy atom. The topological polar surface area (TPSA) is 42.4 Å². The molecule has 32 heavy (non-hydrogen) atoms. The first-order chi connectivity index (χ1) is 15.3. The van der Waals surface area contributed by atoms with Crippen molar-refractivity contribution in [3.05, 3.63) is 90.0 Å². The first kappa shape index (κ1) is 21.6. The molecule has 162 valence electrons. The summed E-state index contributed by atoms with van der Waals surface area (Å²) in [6.45, 7) is 0. The lowest BCUT2D eigenvalue weighted by atomic mass is 10.1. The smallest absolute Gasteiger partial charge is 0.416 e. The standard InChI is InChI=1S/C24H17F3N2O2S/c1-31-19-9-5-8-18(15-19)29(23-28-20-10-2-3-11-21(20)32-23)22(30)13-12-16-6-4-7-17(14-16)24(25,26)27/h2-15H,1H3/b13-12+. The summed E-state index contributed by atoms with van der Waals surface area (Å²) in [4.78, 5) is 19.2. The van der Waals surface area contributed by atoms with Gasteiger partial charge in [0, 0.05) is 12.1 Å². The maximum atomic E-state index is 13.2. The fourth-order valence-electron chi connectivity index (χ4n) is 3.10. The largest absolute Gasteiger partial charge is 0.497 e. The number of para-hydroxylation sites is 1. The number of aromatic nitrogens is 1. The second kappa shape index (κ2) is 8.84. The number of anilines is 2. The number of carbonyl (C=O) groups excluding carboxylic acids is 1. The second-order valence-electron chi connectivity index (χ2n) is 6.80. The van der Waals surface area contributed by atoms with Crippen molar-refractivity contribution in [3.63, 3.8) is 0 Å². The van der Waals surface area contributed by atoms with E-state index in [0.717, 1.165) is 22.3 Å². The van der Waals surface area contributed by atoms with E-state index in [1.165, 1.54) is 47.6 Å². The van der Waals surface area contributed by atoms with Crippen molar-refractivity contribution < 1.29 is 22.7 Å². The molecule has 4 nitrogen and oxygen atoms in total. The van der Waals surface area contributed by atoms with Gasteiger partial charge < -0.3 is 4.74 Å². The van der Waals surface area contributed by atoms with Gasteiger partial charge in [0.25, 0.3) is 5.91 Å². The molecule has 0 radical (unpaired) electrons. The molecule has 0 bridgehead atoms. The Hall–Kier alpha value is -3.65. The number of methoxy groups -OCH3 is 1. The number of halogens is 3. The summed E-state index contributed by atoms with van der Waals surface area (Å²) >= 11 is 1.34. The highest BCUT2D eigenvalue weighted by Crippen LogP contribution is 2.35. The maximum Gasteiger partial charge on any atom is 0.416 e. The van der Waals surface area contributed by atoms with Gasteiger partial charge in [0.2, 0.25) is 0 Å². The minimum absolute atomic E-state index is 0.267. The number of nitrogens with zero attached hydrogens (tertiary/aromatic N) is 2. The maximum absolute atomic E-state index is 13.2. The van der Waals surface area contributed by atoms with Gasteiger partial charge >= 0.3 is 6.18 Å². The Bertz CT molecular complexity index is 1260. The van der Waals surface area contributed by atoms with Gasteiger partial charge in [-0.1, -0.05) is 41.7 Å². The van der Waals surface area contributed by atoms with Gasteiger partial charge in [-0.3, -0.25) is 9.69 Å². The van der Waals surface area contributed by atoms with Crippen molar-refractivity contribution in [1.29, 1.82) is 0 Å². The fourth-order valence-corrected chi connectivity index (χ4v) is 4.09. The fraction of sp³-hybridized carbons (Fsp3) is 0.0833. The number of fused-ring (bicyclic) bond motifs is 1. The van der Waals surface area contributed by atoms with Crippen molar-refractivity contribution in [2.75, 3.05) is 12.0 Å². The molecular formula is C24H17F3N2O2S. The van der Waals surface area contributed by atoms with Crippen LogP contribution >= 0.6 is 11.3 Å². The molecule has 0 atom stereocenters. The van der Waals surface area contributed by atoms with Crippen LogP contribution in [0.1, 0.15) is 11.1 Å². The van der Waals surface area contributed by atoms with Crippen molar-refractivity contribution in [2.45, 2.75) is 6.18 Å². The lowest BCUT2D eigenvalue weighted by Gasteiger charge is -2.19. The van der Waals surface area contributed by atoms with E-state index in [1.807, 2.05) is 24.3 Å². The Labute approximate surface area is 186 Å². The van der Waals surface area contributed by atoms with Crippen LogP contribution in [0.2, 0.25) is 0 Å². The third-order valence-electron chi connectivity index (χ3n) is 4.64. The Kier molecular flexibility index (Phi) is 5.96. The highest BCUT2D eigenvalue weighted by atomic mass is 32.1. The molecule has 0 N–H and O–H groups in total. The minimum Gasteiger partial charge on any atom is -0.497 e. The number of alkyl halides is 3. The van der Waals surface area contributed by atoms with Crippen LogP contribution in [-0.2, 0) is 11.0 Å². The van der Waals surface area contributed by atoms with Crippen molar-refractivity contribution >= 4 is 44.4 Å². The van der Waals surface area contributed by atoms with Gasteiger partial charge in [0.1, 0.15) is 5.75 Å². The third-order valence-corrected chi connectivity index (χ3v) is 5.66. The van der Waals surface area contributed by atoms with Gasteiger partial charge in [-0.25, -0.2) is 4.98 Å². The molecule has 0 fully saturated rings. The summed E-state index contributed by atoms with van der Waals surface area (Å²) in [5, 5.41) is 0.443. The van der Waals surface area contributed by atoms with E-state index < -0.39 is 17.6 Å². The van der Waals surface area contributed by atoms with Crippen LogP contribution in [0, 0.1) is 0 Å². The number of benzene rings is 3. The first-order valence-electron chi connectivity index (χ1n) is 9.54. The number of rotatable bonds is 5. The molecule has 0 aliphatic carbocycles. The van der Waals surface area contributed by atoms with E-state index in [2.05, 4.69) is 4.98 Å². The molecule has 1 heterocycles. The zero-order chi connectivity index (χ0) is 22.7. The minimum atomic E-state index is -4.46. The lowest BCUT2D eigenvalue weighted by Crippen LogP contribution is -2.23. The molecule has 3 aromatic carbocycles. The predicted molar refractivity (Wildman–Crippen MR) is 120 cm³/mol. The van der Waals surface area contributed by atoms with Crippen LogP contribution in [-0.4, -0.2) is 18.0 Å². The molecule has 0 unspecified atom stereocenters. The van der Waals surface area contributed by atoms with Gasteiger partial charge in [-0.2, -0.15) is 13.2 Å². The molecule has 0 saturated carbocycles. The van der Waals surface area contributed by atoms with Crippen LogP contribution in [0.25, 0.3) is 16.3 Å². The monoisotopic (exact) mass is 454 g/mol. The van der Waals surface area contributed by atoms with Crippen LogP contribution in [0.15, 0.2) is 78.9 Å². The predicted octanol–water partition coefficient (Wildman–Crippen LogP) is 6.70. The van der Waals surface area contributed by atoms with E-state index >= 15 is 0 Å². The number of hydrogen-bond donors (Lipinski definition) is 0. The number of hydrogen-bond acceptors (Lipinski definition) is 4. The number of ether oxygens (including phenoxy) is 1. The van der Waals surface area contributed by atoms with Gasteiger partial charge in [0.05, 0.1) is 28.6 Å². The molecule has 1 aromatic heterocycles. The molecule has 0 spiro atoms. The van der Waals surface area contributed by atoms with E-state index in [1.54, 1.807) is 24.3 Å². The number of carbonyl (C=O) groups is 1. The van der Waals surface area contributed by atoms with E-state index in [9.17, 15) is 18.0 Å². The van der Waals surface area contributed by atoms with E-state index in [0.29, 0.717) is 16.6 Å². The highest BCUT2D eigenvalue weighted by molar-refractivity contribution is 7.22. The first-order valence-corrected chi connectivity index (χ1v) is 10.4. The van der Waals surface area contributed by atoms with Crippen molar-refractivity contribution in [1.82, 2.24) is 4.98 Å². The molecule has 0 saturated heterocycles. The van der Waals surface area contributed by atoms with Gasteiger partial charge in [0.15, 0.2) is 5.13 Å². The second-order valence-corrected chi connectivity index (χ2v) is 7.80. The highest BCUT2D eigenvalue weighted by Gasteiger charge is 2.30. The van der Waals surface area contributed by atoms with Gasteiger partial charge in [-0.05, 0) is 48.0 Å². The molecule has 4 aromatic rings. The third kappa shape index (κ3) is 4.65. The van der Waals surface area contributed by atoms with Crippen LogP contribution < -0.4 is 9.64 Å². The molecule has 1 amide bonds. The normalized spacial score (nSPS) is 11.8. The summed E-state index contributed by atoms with van der Waals surface area (Å²) in [6.07, 6.45) is -1.86. The van der Waals surface area contributed by atoms with Crippen molar-refractivity contribution in [2.24, 2.45) is 0 Å². The van der Waals surface area contributed by atoms with Crippen LogP contribution in [0.5, 0.6) is 5.75 Å². The summed E-state index contributed by atoms with van der Waals surface area (Å²) in [5.74, 6) is 0.109. The molecule has 4 rings (SSSR count). The summed E-state index contributed by atoms with van der Waals surface area (Å²) in [7, 11) is 1.52. The molecular weight excluding hydrogens is 437 g/mol. The van der Waals surface area contributed by atoms with Crippen LogP contribution in [0.4, 0.5) is 24.0 Å². The Balaban J connectivity index is 1.72. The Morgan fingerprint density at radius 1 is 1.03 bits per heavy atom. The number of amides is 1. The van der Waals surface area contributed by atoms with E-state index in [-0.39, 0.29) is 5.56 Å². The summed E-state index contributed by atoms with van der Waals surface area (Å²) in [5.41, 5.74) is 0.767. The molecule has 0 aliphatic rings. The summed E-state index contributed by atoms with van der Waals surface area (Å²) in [6, 6.07) is 19.2. The quantitative estimate of drug-likeness (QED) is 0.315. The molecule has 0 aliphatic heterocycles. The zero-order valence-electron chi connectivity index (χ0n) is 16.8.